The molecule has 1 amide bonds. The van der Waals surface area contributed by atoms with E-state index in [2.05, 4.69) is 12.6 Å². The molecule has 1 saturated heterocycles. The van der Waals surface area contributed by atoms with Crippen LogP contribution in [0.5, 0.6) is 0 Å². The molecule has 0 unspecified atom stereocenters. The third-order valence-electron chi connectivity index (χ3n) is 5.04. The molecular formula is C22H23NO3S2. The molecule has 2 aromatic carbocycles. The quantitative estimate of drug-likeness (QED) is 0.727. The maximum absolute atomic E-state index is 13.0. The topological polar surface area (TPSA) is 54.5 Å². The van der Waals surface area contributed by atoms with Gasteiger partial charge in [0.25, 0.3) is 0 Å². The lowest BCUT2D eigenvalue weighted by molar-refractivity contribution is -0.137. The van der Waals surface area contributed by atoms with Gasteiger partial charge in [-0.1, -0.05) is 79.3 Å². The van der Waals surface area contributed by atoms with Crippen molar-refractivity contribution >= 4 is 40.5 Å². The van der Waals surface area contributed by atoms with E-state index in [0.717, 1.165) is 17.3 Å². The van der Waals surface area contributed by atoms with Crippen molar-refractivity contribution in [1.82, 2.24) is 4.90 Å². The Kier molecular flexibility index (Phi) is 6.97. The number of carbonyl (C=O) groups excluding carboxylic acids is 3. The Morgan fingerprint density at radius 3 is 2.29 bits per heavy atom. The fourth-order valence-corrected chi connectivity index (χ4v) is 4.58. The number of rotatable bonds is 6. The average Bonchev–Trinajstić information content (AvgIpc) is 3.18. The van der Waals surface area contributed by atoms with Crippen molar-refractivity contribution in [2.75, 3.05) is 12.3 Å². The molecule has 1 fully saturated rings. The number of likely N-dealkylation sites (tertiary alicyclic amines) is 1. The van der Waals surface area contributed by atoms with Crippen molar-refractivity contribution < 1.29 is 14.4 Å². The van der Waals surface area contributed by atoms with Gasteiger partial charge in [-0.15, -0.1) is 12.6 Å². The number of thiol groups is 1. The van der Waals surface area contributed by atoms with Crippen LogP contribution in [0.2, 0.25) is 0 Å². The maximum atomic E-state index is 13.0. The van der Waals surface area contributed by atoms with E-state index in [9.17, 15) is 14.4 Å². The van der Waals surface area contributed by atoms with Crippen LogP contribution in [0, 0.1) is 5.92 Å². The van der Waals surface area contributed by atoms with Crippen LogP contribution < -0.4 is 0 Å². The molecule has 0 aliphatic carbocycles. The van der Waals surface area contributed by atoms with Gasteiger partial charge < -0.3 is 4.90 Å². The molecule has 6 heteroatoms. The fourth-order valence-electron chi connectivity index (χ4n) is 3.49. The second-order valence-electron chi connectivity index (χ2n) is 7.05. The lowest BCUT2D eigenvalue weighted by Crippen LogP contribution is -2.42. The smallest absolute Gasteiger partial charge is 0.226 e. The van der Waals surface area contributed by atoms with E-state index in [1.165, 1.54) is 0 Å². The third kappa shape index (κ3) is 4.86. The molecule has 146 valence electrons. The van der Waals surface area contributed by atoms with Gasteiger partial charge in [0.1, 0.15) is 6.04 Å². The van der Waals surface area contributed by atoms with Gasteiger partial charge >= 0.3 is 0 Å². The number of thioether (sulfide) groups is 1. The summed E-state index contributed by atoms with van der Waals surface area (Å²) in [6.07, 6.45) is 0.584. The van der Waals surface area contributed by atoms with Crippen molar-refractivity contribution in [2.45, 2.75) is 25.3 Å². The third-order valence-corrected chi connectivity index (χ3v) is 6.50. The van der Waals surface area contributed by atoms with Crippen LogP contribution in [0.1, 0.15) is 35.2 Å². The largest absolute Gasteiger partial charge is 0.331 e. The zero-order valence-electron chi connectivity index (χ0n) is 15.7. The number of amides is 1. The summed E-state index contributed by atoms with van der Waals surface area (Å²) >= 11 is 5.15. The predicted octanol–water partition coefficient (Wildman–Crippen LogP) is 4.04. The van der Waals surface area contributed by atoms with E-state index in [0.29, 0.717) is 24.3 Å². The first kappa shape index (κ1) is 20.7. The molecule has 0 bridgehead atoms. The summed E-state index contributed by atoms with van der Waals surface area (Å²) in [7, 11) is 0. The Morgan fingerprint density at radius 1 is 1.07 bits per heavy atom. The first-order chi connectivity index (χ1) is 13.5. The van der Waals surface area contributed by atoms with E-state index in [-0.39, 0.29) is 28.0 Å². The van der Waals surface area contributed by atoms with Gasteiger partial charge in [-0.2, -0.15) is 0 Å². The first-order valence-electron chi connectivity index (χ1n) is 9.27. The summed E-state index contributed by atoms with van der Waals surface area (Å²) in [4.78, 5) is 38.9. The first-order valence-corrected chi connectivity index (χ1v) is 10.7. The number of hydrogen-bond acceptors (Lipinski definition) is 4. The van der Waals surface area contributed by atoms with E-state index < -0.39 is 6.04 Å². The van der Waals surface area contributed by atoms with Crippen molar-refractivity contribution in [1.29, 1.82) is 0 Å². The van der Waals surface area contributed by atoms with Crippen molar-refractivity contribution in [3.8, 4) is 0 Å². The average molecular weight is 414 g/mol. The number of nitrogens with zero attached hydrogens (tertiary/aromatic N) is 1. The predicted molar refractivity (Wildman–Crippen MR) is 116 cm³/mol. The Hall–Kier alpha value is -2.05. The zero-order chi connectivity index (χ0) is 20.1. The van der Waals surface area contributed by atoms with Crippen molar-refractivity contribution in [2.24, 2.45) is 5.92 Å². The highest BCUT2D eigenvalue weighted by Crippen LogP contribution is 2.34. The number of hydrogen-bond donors (Lipinski definition) is 1. The molecule has 1 heterocycles. The molecule has 0 aromatic heterocycles. The number of carbonyl (C=O) groups is 3. The minimum atomic E-state index is -0.515. The monoisotopic (exact) mass is 413 g/mol. The van der Waals surface area contributed by atoms with Crippen LogP contribution in [-0.2, 0) is 9.59 Å². The fraction of sp³-hybridized carbons (Fsp3) is 0.318. The minimum Gasteiger partial charge on any atom is -0.331 e. The van der Waals surface area contributed by atoms with E-state index >= 15 is 0 Å². The molecule has 28 heavy (non-hydrogen) atoms. The number of benzene rings is 2. The highest BCUT2D eigenvalue weighted by atomic mass is 32.2. The van der Waals surface area contributed by atoms with Crippen molar-refractivity contribution in [3.63, 3.8) is 0 Å². The van der Waals surface area contributed by atoms with Crippen LogP contribution in [0.15, 0.2) is 60.7 Å². The van der Waals surface area contributed by atoms with Gasteiger partial charge in [0.15, 0.2) is 0 Å². The summed E-state index contributed by atoms with van der Waals surface area (Å²) in [5, 5.41) is -0.336. The highest BCUT2D eigenvalue weighted by Gasteiger charge is 2.40. The van der Waals surface area contributed by atoms with Crippen LogP contribution in [0.3, 0.4) is 0 Å². The van der Waals surface area contributed by atoms with Crippen molar-refractivity contribution in [3.05, 3.63) is 71.8 Å². The SMILES string of the molecule is C[C@H](CSC(=O)c1ccccc1)C(=O)N1C[C@H](c2ccccc2)C[C@H]1C(=O)S. The molecule has 3 rings (SSSR count). The lowest BCUT2D eigenvalue weighted by Gasteiger charge is -2.25. The van der Waals surface area contributed by atoms with Gasteiger partial charge in [0, 0.05) is 29.7 Å². The van der Waals surface area contributed by atoms with Crippen LogP contribution >= 0.6 is 24.4 Å². The molecular weight excluding hydrogens is 390 g/mol. The van der Waals surface area contributed by atoms with Gasteiger partial charge in [-0.3, -0.25) is 14.4 Å². The molecule has 0 radical (unpaired) electrons. The minimum absolute atomic E-state index is 0.0503. The van der Waals surface area contributed by atoms with Gasteiger partial charge in [0.05, 0.1) is 0 Å². The Balaban J connectivity index is 1.64. The van der Waals surface area contributed by atoms with E-state index in [4.69, 9.17) is 0 Å². The second kappa shape index (κ2) is 9.43. The normalized spacial score (nSPS) is 20.0. The van der Waals surface area contributed by atoms with E-state index in [1.54, 1.807) is 17.0 Å². The van der Waals surface area contributed by atoms with Gasteiger partial charge in [-0.05, 0) is 12.0 Å². The molecule has 0 spiro atoms. The van der Waals surface area contributed by atoms with Gasteiger partial charge in [0.2, 0.25) is 16.1 Å². The summed E-state index contributed by atoms with van der Waals surface area (Å²) in [6, 6.07) is 18.4. The summed E-state index contributed by atoms with van der Waals surface area (Å²) < 4.78 is 0. The highest BCUT2D eigenvalue weighted by molar-refractivity contribution is 8.14. The Labute approximate surface area is 175 Å². The molecule has 1 aliphatic heterocycles. The van der Waals surface area contributed by atoms with Crippen LogP contribution in [0.4, 0.5) is 0 Å². The Bertz CT molecular complexity index is 841. The van der Waals surface area contributed by atoms with Crippen LogP contribution in [-0.4, -0.2) is 39.4 Å². The summed E-state index contributed by atoms with van der Waals surface area (Å²) in [5.74, 6) is 0.0469. The molecule has 4 nitrogen and oxygen atoms in total. The second-order valence-corrected chi connectivity index (χ2v) is 8.49. The summed E-state index contributed by atoms with van der Waals surface area (Å²) in [6.45, 7) is 2.31. The van der Waals surface area contributed by atoms with Gasteiger partial charge in [-0.25, -0.2) is 0 Å². The van der Waals surface area contributed by atoms with E-state index in [1.807, 2.05) is 55.5 Å². The van der Waals surface area contributed by atoms with Crippen LogP contribution in [0.25, 0.3) is 0 Å². The molecule has 0 N–H and O–H groups in total. The molecule has 1 aliphatic rings. The molecule has 0 saturated carbocycles. The zero-order valence-corrected chi connectivity index (χ0v) is 17.4. The lowest BCUT2D eigenvalue weighted by atomic mass is 9.97. The molecule has 3 atom stereocenters. The summed E-state index contributed by atoms with van der Waals surface area (Å²) in [5.41, 5.74) is 1.75. The standard InChI is InChI=1S/C22H23NO3S2/c1-15(14-28-22(26)17-10-6-3-7-11-17)20(24)23-13-18(12-19(23)21(25)27)16-8-4-2-5-9-16/h2-11,15,18-19H,12-14H2,1H3,(H,25,27)/t15-,18-,19+/m1/s1. The Morgan fingerprint density at radius 2 is 1.68 bits per heavy atom. The molecule has 2 aromatic rings. The maximum Gasteiger partial charge on any atom is 0.226 e.